The largest absolute Gasteiger partial charge is 0.324 e. The molecule has 2 aromatic carbocycles. The van der Waals surface area contributed by atoms with Crippen LogP contribution in [0.15, 0.2) is 53.4 Å². The first-order valence-corrected chi connectivity index (χ1v) is 12.4. The molecular weight excluding hydrogens is 434 g/mol. The number of anilines is 1. The van der Waals surface area contributed by atoms with Crippen LogP contribution >= 0.6 is 11.6 Å². The molecule has 1 unspecified atom stereocenters. The molecule has 2 N–H and O–H groups in total. The number of amides is 1. The normalized spacial score (nSPS) is 16.9. The number of benzene rings is 2. The fourth-order valence-corrected chi connectivity index (χ4v) is 5.25. The highest BCUT2D eigenvalue weighted by Gasteiger charge is 2.29. The van der Waals surface area contributed by atoms with E-state index in [9.17, 15) is 13.2 Å². The average molecular weight is 464 g/mol. The molecule has 0 saturated carbocycles. The Morgan fingerprint density at radius 1 is 1.03 bits per heavy atom. The van der Waals surface area contributed by atoms with Gasteiger partial charge in [-0.3, -0.25) is 9.69 Å². The number of sulfonamides is 1. The number of halogens is 1. The van der Waals surface area contributed by atoms with Gasteiger partial charge in [-0.2, -0.15) is 0 Å². The molecule has 1 amide bonds. The molecule has 0 radical (unpaired) electrons. The first kappa shape index (κ1) is 23.7. The summed E-state index contributed by atoms with van der Waals surface area (Å²) in [6.45, 7) is 7.39. The van der Waals surface area contributed by atoms with E-state index in [1.165, 1.54) is 12.1 Å². The summed E-state index contributed by atoms with van der Waals surface area (Å²) < 4.78 is 28.0. The maximum atomic E-state index is 12.8. The topological polar surface area (TPSA) is 78.5 Å². The number of piperidine rings is 1. The number of hydrogen-bond donors (Lipinski definition) is 2. The van der Waals surface area contributed by atoms with Gasteiger partial charge in [-0.05, 0) is 61.6 Å². The fraction of sp³-hybridized carbons (Fsp3) is 0.435. The van der Waals surface area contributed by atoms with E-state index in [1.54, 1.807) is 12.1 Å². The smallest absolute Gasteiger partial charge is 0.241 e. The molecule has 8 heteroatoms. The number of para-hydroxylation sites is 1. The number of hydrogen-bond acceptors (Lipinski definition) is 4. The van der Waals surface area contributed by atoms with E-state index in [2.05, 4.69) is 28.8 Å². The van der Waals surface area contributed by atoms with Crippen LogP contribution in [0.5, 0.6) is 0 Å². The molecule has 168 valence electrons. The summed E-state index contributed by atoms with van der Waals surface area (Å²) in [5.41, 5.74) is 1.96. The maximum absolute atomic E-state index is 12.8. The summed E-state index contributed by atoms with van der Waals surface area (Å²) in [5, 5.41) is 3.56. The monoisotopic (exact) mass is 463 g/mol. The Kier molecular flexibility index (Phi) is 7.75. The van der Waals surface area contributed by atoms with Crippen molar-refractivity contribution < 1.29 is 13.2 Å². The molecule has 0 spiro atoms. The molecule has 1 aliphatic rings. The Morgan fingerprint density at radius 3 is 2.26 bits per heavy atom. The number of carbonyl (C=O) groups is 1. The Bertz CT molecular complexity index is 1000. The van der Waals surface area contributed by atoms with Gasteiger partial charge < -0.3 is 5.32 Å². The molecule has 2 aromatic rings. The van der Waals surface area contributed by atoms with Gasteiger partial charge in [-0.1, -0.05) is 43.6 Å². The standard InChI is InChI=1S/C23H30ClN3O3S/c1-16(2)21-6-4-5-7-22(21)25-23(28)17(3)27-14-12-19(13-15-27)26-31(29,30)20-10-8-18(24)9-11-20/h4-11,16-17,19,26H,12-15H2,1-3H3,(H,25,28). The molecular formula is C23H30ClN3O3S. The Labute approximate surface area is 190 Å². The number of likely N-dealkylation sites (tertiary alicyclic amines) is 1. The van der Waals surface area contributed by atoms with Crippen molar-refractivity contribution in [2.24, 2.45) is 0 Å². The van der Waals surface area contributed by atoms with Gasteiger partial charge in [-0.15, -0.1) is 0 Å². The minimum Gasteiger partial charge on any atom is -0.324 e. The maximum Gasteiger partial charge on any atom is 0.241 e. The lowest BCUT2D eigenvalue weighted by atomic mass is 10.0. The van der Waals surface area contributed by atoms with E-state index in [-0.39, 0.29) is 22.9 Å². The Morgan fingerprint density at radius 2 is 1.65 bits per heavy atom. The van der Waals surface area contributed by atoms with Crippen molar-refractivity contribution in [2.45, 2.75) is 56.5 Å². The van der Waals surface area contributed by atoms with Crippen molar-refractivity contribution in [3.05, 3.63) is 59.1 Å². The third-order valence-corrected chi connectivity index (χ3v) is 7.53. The highest BCUT2D eigenvalue weighted by molar-refractivity contribution is 7.89. The zero-order valence-electron chi connectivity index (χ0n) is 18.1. The predicted molar refractivity (Wildman–Crippen MR) is 125 cm³/mol. The lowest BCUT2D eigenvalue weighted by Crippen LogP contribution is -2.50. The van der Waals surface area contributed by atoms with Crippen LogP contribution < -0.4 is 10.0 Å². The number of nitrogens with zero attached hydrogens (tertiary/aromatic N) is 1. The van der Waals surface area contributed by atoms with Gasteiger partial charge in [0.15, 0.2) is 0 Å². The van der Waals surface area contributed by atoms with Gasteiger partial charge >= 0.3 is 0 Å². The van der Waals surface area contributed by atoms with Gasteiger partial charge in [0.2, 0.25) is 15.9 Å². The zero-order chi connectivity index (χ0) is 22.6. The predicted octanol–water partition coefficient (Wildman–Crippen LogP) is 4.23. The summed E-state index contributed by atoms with van der Waals surface area (Å²) in [4.78, 5) is 15.1. The van der Waals surface area contributed by atoms with Gasteiger partial charge in [0, 0.05) is 29.8 Å². The van der Waals surface area contributed by atoms with Crippen LogP contribution in [0.3, 0.4) is 0 Å². The van der Waals surface area contributed by atoms with E-state index in [1.807, 2.05) is 31.2 Å². The van der Waals surface area contributed by atoms with Crippen LogP contribution in [-0.2, 0) is 14.8 Å². The molecule has 1 saturated heterocycles. The molecule has 3 rings (SSSR count). The van der Waals surface area contributed by atoms with Crippen LogP contribution in [0.2, 0.25) is 5.02 Å². The van der Waals surface area contributed by atoms with Crippen LogP contribution in [0.25, 0.3) is 0 Å². The average Bonchev–Trinajstić information content (AvgIpc) is 2.74. The lowest BCUT2D eigenvalue weighted by molar-refractivity contribution is -0.121. The number of rotatable bonds is 7. The minimum absolute atomic E-state index is 0.0479. The molecule has 6 nitrogen and oxygen atoms in total. The third kappa shape index (κ3) is 6.07. The summed E-state index contributed by atoms with van der Waals surface area (Å²) >= 11 is 5.85. The van der Waals surface area contributed by atoms with E-state index in [4.69, 9.17) is 11.6 Å². The first-order valence-electron chi connectivity index (χ1n) is 10.6. The van der Waals surface area contributed by atoms with E-state index in [0.29, 0.717) is 36.9 Å². The molecule has 0 aliphatic carbocycles. The Hall–Kier alpha value is -1.93. The molecule has 1 fully saturated rings. The molecule has 1 aliphatic heterocycles. The zero-order valence-corrected chi connectivity index (χ0v) is 19.7. The first-order chi connectivity index (χ1) is 14.7. The highest BCUT2D eigenvalue weighted by Crippen LogP contribution is 2.24. The SMILES string of the molecule is CC(C)c1ccccc1NC(=O)C(C)N1CCC(NS(=O)(=O)c2ccc(Cl)cc2)CC1. The van der Waals surface area contributed by atoms with Crippen molar-refractivity contribution in [3.8, 4) is 0 Å². The summed E-state index contributed by atoms with van der Waals surface area (Å²) in [6, 6.07) is 13.5. The van der Waals surface area contributed by atoms with Crippen molar-refractivity contribution in [1.82, 2.24) is 9.62 Å². The van der Waals surface area contributed by atoms with Crippen molar-refractivity contribution in [2.75, 3.05) is 18.4 Å². The van der Waals surface area contributed by atoms with Crippen molar-refractivity contribution in [1.29, 1.82) is 0 Å². The summed E-state index contributed by atoms with van der Waals surface area (Å²) in [7, 11) is -3.59. The minimum atomic E-state index is -3.59. The summed E-state index contributed by atoms with van der Waals surface area (Å²) in [5.74, 6) is 0.268. The summed E-state index contributed by atoms with van der Waals surface area (Å²) in [6.07, 6.45) is 1.29. The van der Waals surface area contributed by atoms with Crippen LogP contribution in [0.4, 0.5) is 5.69 Å². The van der Waals surface area contributed by atoms with Crippen molar-refractivity contribution in [3.63, 3.8) is 0 Å². The molecule has 0 aromatic heterocycles. The lowest BCUT2D eigenvalue weighted by Gasteiger charge is -2.35. The van der Waals surface area contributed by atoms with E-state index in [0.717, 1.165) is 11.3 Å². The Balaban J connectivity index is 1.55. The molecule has 1 atom stereocenters. The van der Waals surface area contributed by atoms with E-state index < -0.39 is 10.0 Å². The number of carbonyl (C=O) groups excluding carboxylic acids is 1. The third-order valence-electron chi connectivity index (χ3n) is 5.74. The van der Waals surface area contributed by atoms with Crippen molar-refractivity contribution >= 4 is 33.2 Å². The van der Waals surface area contributed by atoms with Gasteiger partial charge in [0.1, 0.15) is 0 Å². The second kappa shape index (κ2) is 10.1. The van der Waals surface area contributed by atoms with E-state index >= 15 is 0 Å². The fourth-order valence-electron chi connectivity index (χ4n) is 3.82. The van der Waals surface area contributed by atoms with Gasteiger partial charge in [0.05, 0.1) is 10.9 Å². The van der Waals surface area contributed by atoms with Gasteiger partial charge in [-0.25, -0.2) is 13.1 Å². The van der Waals surface area contributed by atoms with Crippen LogP contribution in [0.1, 0.15) is 45.1 Å². The van der Waals surface area contributed by atoms with Crippen LogP contribution in [0, 0.1) is 0 Å². The number of nitrogens with one attached hydrogen (secondary N) is 2. The second-order valence-electron chi connectivity index (χ2n) is 8.29. The highest BCUT2D eigenvalue weighted by atomic mass is 35.5. The molecule has 31 heavy (non-hydrogen) atoms. The molecule has 1 heterocycles. The quantitative estimate of drug-likeness (QED) is 0.644. The van der Waals surface area contributed by atoms with Crippen LogP contribution in [-0.4, -0.2) is 44.4 Å². The molecule has 0 bridgehead atoms. The second-order valence-corrected chi connectivity index (χ2v) is 10.4. The van der Waals surface area contributed by atoms with Gasteiger partial charge in [0.25, 0.3) is 0 Å².